The van der Waals surface area contributed by atoms with E-state index in [4.69, 9.17) is 5.11 Å². The molecule has 0 saturated carbocycles. The van der Waals surface area contributed by atoms with Gasteiger partial charge in [0, 0.05) is 5.57 Å². The molecule has 0 amide bonds. The molecule has 1 aliphatic carbocycles. The second kappa shape index (κ2) is 6.00. The number of allylic oxidation sites excluding steroid dienone is 1. The molecular weight excluding hydrogens is 240 g/mol. The van der Waals surface area contributed by atoms with Crippen LogP contribution in [0.15, 0.2) is 24.3 Å². The number of aliphatic carboxylic acids is 1. The summed E-state index contributed by atoms with van der Waals surface area (Å²) in [5.41, 5.74) is 0.0803. The van der Waals surface area contributed by atoms with Gasteiger partial charge < -0.3 is 5.11 Å². The molecule has 0 spiro atoms. The van der Waals surface area contributed by atoms with Crippen LogP contribution < -0.4 is 0 Å². The van der Waals surface area contributed by atoms with Crippen LogP contribution in [-0.2, 0) is 24.2 Å². The lowest BCUT2D eigenvalue weighted by Gasteiger charge is -2.21. The highest BCUT2D eigenvalue weighted by Gasteiger charge is 2.35. The number of hydrogen-bond acceptors (Lipinski definition) is 5. The van der Waals surface area contributed by atoms with E-state index in [9.17, 15) is 14.4 Å². The topological polar surface area (TPSA) is 89.9 Å². The highest BCUT2D eigenvalue weighted by Crippen LogP contribution is 2.26. The van der Waals surface area contributed by atoms with E-state index >= 15 is 0 Å². The van der Waals surface area contributed by atoms with Crippen LogP contribution in [0.25, 0.3) is 0 Å². The molecule has 98 valence electrons. The van der Waals surface area contributed by atoms with Gasteiger partial charge in [0.2, 0.25) is 0 Å². The Morgan fingerprint density at radius 2 is 2.00 bits per heavy atom. The standard InChI is InChI=1S/C12H14O6/c1-7(2)11(15)17-18-12(16)9-6-4-3-5-8(9)10(13)14/h4,6,8-9H,1,3,5H2,2H3,(H,13,14). The van der Waals surface area contributed by atoms with Gasteiger partial charge in [0.1, 0.15) is 0 Å². The average molecular weight is 254 g/mol. The molecule has 2 unspecified atom stereocenters. The van der Waals surface area contributed by atoms with Gasteiger partial charge in [0.15, 0.2) is 0 Å². The molecule has 18 heavy (non-hydrogen) atoms. The first-order valence-corrected chi connectivity index (χ1v) is 5.41. The van der Waals surface area contributed by atoms with E-state index in [1.54, 1.807) is 6.08 Å². The molecule has 0 aromatic carbocycles. The zero-order chi connectivity index (χ0) is 13.7. The SMILES string of the molecule is C=C(C)C(=O)OOC(=O)C1C=CCCC1C(=O)O. The van der Waals surface area contributed by atoms with Crippen molar-refractivity contribution in [2.45, 2.75) is 19.8 Å². The summed E-state index contributed by atoms with van der Waals surface area (Å²) in [4.78, 5) is 42.1. The Hall–Kier alpha value is -2.11. The monoisotopic (exact) mass is 254 g/mol. The van der Waals surface area contributed by atoms with E-state index in [1.165, 1.54) is 13.0 Å². The molecule has 0 fully saturated rings. The van der Waals surface area contributed by atoms with Gasteiger partial charge in [-0.15, -0.1) is 0 Å². The third-order valence-corrected chi connectivity index (χ3v) is 2.56. The molecule has 6 nitrogen and oxygen atoms in total. The number of carbonyl (C=O) groups is 3. The predicted molar refractivity (Wildman–Crippen MR) is 60.0 cm³/mol. The van der Waals surface area contributed by atoms with Crippen molar-refractivity contribution in [1.82, 2.24) is 0 Å². The van der Waals surface area contributed by atoms with Crippen LogP contribution in [0.4, 0.5) is 0 Å². The lowest BCUT2D eigenvalue weighted by atomic mass is 9.84. The van der Waals surface area contributed by atoms with Gasteiger partial charge in [-0.1, -0.05) is 18.7 Å². The largest absolute Gasteiger partial charge is 0.481 e. The zero-order valence-electron chi connectivity index (χ0n) is 9.92. The minimum atomic E-state index is -1.08. The first kappa shape index (κ1) is 14.0. The molecule has 0 saturated heterocycles. The van der Waals surface area contributed by atoms with Gasteiger partial charge in [-0.25, -0.2) is 19.4 Å². The van der Waals surface area contributed by atoms with Crippen molar-refractivity contribution in [2.75, 3.05) is 0 Å². The number of carbonyl (C=O) groups excluding carboxylic acids is 2. The Labute approximate surface area is 104 Å². The molecule has 2 atom stereocenters. The first-order valence-electron chi connectivity index (χ1n) is 5.41. The summed E-state index contributed by atoms with van der Waals surface area (Å²) < 4.78 is 0. The van der Waals surface area contributed by atoms with Crippen molar-refractivity contribution in [3.8, 4) is 0 Å². The molecule has 0 aromatic rings. The molecule has 0 bridgehead atoms. The quantitative estimate of drug-likeness (QED) is 0.352. The van der Waals surface area contributed by atoms with Crippen molar-refractivity contribution >= 4 is 17.9 Å². The van der Waals surface area contributed by atoms with E-state index in [-0.39, 0.29) is 5.57 Å². The van der Waals surface area contributed by atoms with E-state index < -0.39 is 29.7 Å². The maximum absolute atomic E-state index is 11.6. The third-order valence-electron chi connectivity index (χ3n) is 2.56. The van der Waals surface area contributed by atoms with E-state index in [1.807, 2.05) is 0 Å². The Kier molecular flexibility index (Phi) is 4.65. The van der Waals surface area contributed by atoms with E-state index in [0.717, 1.165) is 0 Å². The first-order chi connectivity index (χ1) is 8.43. The minimum absolute atomic E-state index is 0.0803. The molecule has 0 heterocycles. The molecule has 1 aliphatic rings. The number of carboxylic acids is 1. The molecule has 0 aromatic heterocycles. The summed E-state index contributed by atoms with van der Waals surface area (Å²) in [5, 5.41) is 8.96. The fraction of sp³-hybridized carbons (Fsp3) is 0.417. The van der Waals surface area contributed by atoms with Crippen LogP contribution in [0.2, 0.25) is 0 Å². The highest BCUT2D eigenvalue weighted by molar-refractivity contribution is 5.88. The Bertz CT molecular complexity index is 409. The van der Waals surface area contributed by atoms with Gasteiger partial charge in [-0.2, -0.15) is 0 Å². The Morgan fingerprint density at radius 3 is 2.56 bits per heavy atom. The lowest BCUT2D eigenvalue weighted by Crippen LogP contribution is -2.32. The summed E-state index contributed by atoms with van der Waals surface area (Å²) in [5.74, 6) is -4.63. The average Bonchev–Trinajstić information content (AvgIpc) is 2.35. The molecular formula is C12H14O6. The second-order valence-corrected chi connectivity index (χ2v) is 4.03. The van der Waals surface area contributed by atoms with E-state index in [2.05, 4.69) is 16.4 Å². The van der Waals surface area contributed by atoms with Gasteiger partial charge in [-0.05, 0) is 19.8 Å². The fourth-order valence-electron chi connectivity index (χ4n) is 1.56. The maximum Gasteiger partial charge on any atom is 0.381 e. The molecule has 6 heteroatoms. The maximum atomic E-state index is 11.6. The van der Waals surface area contributed by atoms with Crippen LogP contribution in [-0.4, -0.2) is 23.0 Å². The van der Waals surface area contributed by atoms with Crippen LogP contribution in [0.5, 0.6) is 0 Å². The van der Waals surface area contributed by atoms with E-state index in [0.29, 0.717) is 12.8 Å². The summed E-state index contributed by atoms with van der Waals surface area (Å²) >= 11 is 0. The summed E-state index contributed by atoms with van der Waals surface area (Å²) in [6, 6.07) is 0. The summed E-state index contributed by atoms with van der Waals surface area (Å²) in [6.07, 6.45) is 4.09. The van der Waals surface area contributed by atoms with Crippen LogP contribution >= 0.6 is 0 Å². The molecule has 1 rings (SSSR count). The van der Waals surface area contributed by atoms with Crippen molar-refractivity contribution in [1.29, 1.82) is 0 Å². The second-order valence-electron chi connectivity index (χ2n) is 4.03. The summed E-state index contributed by atoms with van der Waals surface area (Å²) in [6.45, 7) is 4.71. The number of carboxylic acid groups (broad SMARTS) is 1. The summed E-state index contributed by atoms with van der Waals surface area (Å²) in [7, 11) is 0. The number of rotatable bonds is 3. The van der Waals surface area contributed by atoms with Gasteiger partial charge in [0.05, 0.1) is 11.8 Å². The van der Waals surface area contributed by atoms with Crippen molar-refractivity contribution in [3.05, 3.63) is 24.3 Å². The van der Waals surface area contributed by atoms with Crippen molar-refractivity contribution < 1.29 is 29.3 Å². The van der Waals surface area contributed by atoms with Crippen molar-refractivity contribution in [2.24, 2.45) is 11.8 Å². The van der Waals surface area contributed by atoms with Gasteiger partial charge in [-0.3, -0.25) is 4.79 Å². The smallest absolute Gasteiger partial charge is 0.381 e. The van der Waals surface area contributed by atoms with Crippen LogP contribution in [0, 0.1) is 11.8 Å². The number of hydrogen-bond donors (Lipinski definition) is 1. The predicted octanol–water partition coefficient (Wildman–Crippen LogP) is 1.23. The van der Waals surface area contributed by atoms with Crippen LogP contribution in [0.3, 0.4) is 0 Å². The highest BCUT2D eigenvalue weighted by atomic mass is 17.2. The zero-order valence-corrected chi connectivity index (χ0v) is 9.92. The Morgan fingerprint density at radius 1 is 1.33 bits per heavy atom. The third kappa shape index (κ3) is 3.44. The fourth-order valence-corrected chi connectivity index (χ4v) is 1.56. The molecule has 1 N–H and O–H groups in total. The van der Waals surface area contributed by atoms with Crippen molar-refractivity contribution in [3.63, 3.8) is 0 Å². The minimum Gasteiger partial charge on any atom is -0.481 e. The van der Waals surface area contributed by atoms with Gasteiger partial charge in [0.25, 0.3) is 0 Å². The van der Waals surface area contributed by atoms with Gasteiger partial charge >= 0.3 is 17.9 Å². The lowest BCUT2D eigenvalue weighted by molar-refractivity contribution is -0.259. The normalized spacial score (nSPS) is 22.1. The molecule has 0 aliphatic heterocycles. The molecule has 0 radical (unpaired) electrons. The Balaban J connectivity index is 2.62. The van der Waals surface area contributed by atoms with Crippen LogP contribution in [0.1, 0.15) is 19.8 Å².